The molecule has 0 aliphatic carbocycles. The minimum atomic E-state index is 0.451. The lowest BCUT2D eigenvalue weighted by molar-refractivity contribution is 1.06. The van der Waals surface area contributed by atoms with Crippen molar-refractivity contribution < 1.29 is 0 Å². The predicted octanol–water partition coefficient (Wildman–Crippen LogP) is 12.8. The maximum absolute atomic E-state index is 5.27. The highest BCUT2D eigenvalue weighted by Crippen LogP contribution is 2.50. The predicted molar refractivity (Wildman–Crippen MR) is 228 cm³/mol. The van der Waals surface area contributed by atoms with Crippen LogP contribution in [-0.4, -0.2) is 23.1 Å². The van der Waals surface area contributed by atoms with Crippen LogP contribution < -0.4 is 0 Å². The average Bonchev–Trinajstić information content (AvgIpc) is 3.77. The van der Waals surface area contributed by atoms with Crippen LogP contribution in [0.15, 0.2) is 179 Å². The molecule has 0 amide bonds. The van der Waals surface area contributed by atoms with Crippen LogP contribution in [0.25, 0.3) is 74.3 Å². The number of hydrogen-bond acceptors (Lipinski definition) is 2. The third-order valence-corrected chi connectivity index (χ3v) is 11.1. The second kappa shape index (κ2) is 13.0. The van der Waals surface area contributed by atoms with Crippen LogP contribution in [0.4, 0.5) is 0 Å². The van der Waals surface area contributed by atoms with E-state index in [9.17, 15) is 0 Å². The Bertz CT molecular complexity index is 3030. The molecule has 4 nitrogen and oxygen atoms in total. The molecule has 0 fully saturated rings. The largest absolute Gasteiger partial charge is 0.277 e. The first-order chi connectivity index (χ1) is 25.7. The first-order valence-corrected chi connectivity index (χ1v) is 18.2. The fourth-order valence-corrected chi connectivity index (χ4v) is 9.02. The number of aromatic nitrogens is 1. The summed E-state index contributed by atoms with van der Waals surface area (Å²) < 4.78 is 4.72. The zero-order valence-corrected chi connectivity index (χ0v) is 29.6. The first kappa shape index (κ1) is 31.5. The molecule has 2 heterocycles. The van der Waals surface area contributed by atoms with Gasteiger partial charge in [-0.15, -0.1) is 11.3 Å². The third kappa shape index (κ3) is 4.93. The Labute approximate surface area is 305 Å². The lowest BCUT2D eigenvalue weighted by Crippen LogP contribution is -2.13. The van der Waals surface area contributed by atoms with E-state index in [0.717, 1.165) is 27.6 Å². The quantitative estimate of drug-likeness (QED) is 0.0748. The molecule has 0 aliphatic heterocycles. The van der Waals surface area contributed by atoms with E-state index in [1.165, 1.54) is 57.9 Å². The molecule has 0 bridgehead atoms. The number of hydrogen-bond donors (Lipinski definition) is 0. The summed E-state index contributed by atoms with van der Waals surface area (Å²) in [5.74, 6) is 0.987. The molecule has 7 aromatic carbocycles. The highest BCUT2D eigenvalue weighted by Gasteiger charge is 2.25. The van der Waals surface area contributed by atoms with Crippen LogP contribution in [0, 0.1) is 0 Å². The van der Waals surface area contributed by atoms with Gasteiger partial charge in [-0.3, -0.25) is 9.56 Å². The summed E-state index contributed by atoms with van der Waals surface area (Å²) in [6.07, 6.45) is 7.76. The molecule has 0 unspecified atom stereocenters. The third-order valence-electron chi connectivity index (χ3n) is 9.87. The van der Waals surface area contributed by atoms with E-state index in [4.69, 9.17) is 15.0 Å². The molecule has 0 N–H and O–H groups in total. The van der Waals surface area contributed by atoms with Gasteiger partial charge >= 0.3 is 0 Å². The van der Waals surface area contributed by atoms with E-state index in [1.807, 2.05) is 54.7 Å². The van der Waals surface area contributed by atoms with Crippen molar-refractivity contribution >= 4 is 104 Å². The molecule has 0 saturated carbocycles. The van der Waals surface area contributed by atoms with Gasteiger partial charge in [-0.2, -0.15) is 4.99 Å². The second-order valence-corrected chi connectivity index (χ2v) is 13.8. The number of aliphatic imine (C=N–C) groups is 3. The lowest BCUT2D eigenvalue weighted by Gasteiger charge is -2.12. The summed E-state index contributed by atoms with van der Waals surface area (Å²) in [6.45, 7) is 10.7. The van der Waals surface area contributed by atoms with Crippen LogP contribution in [0.3, 0.4) is 0 Å². The Morgan fingerprint density at radius 3 is 1.88 bits per heavy atom. The Kier molecular flexibility index (Phi) is 7.91. The molecular formula is C47H34N4S. The molecule has 52 heavy (non-hydrogen) atoms. The van der Waals surface area contributed by atoms with Crippen molar-refractivity contribution in [3.05, 3.63) is 169 Å². The topological polar surface area (TPSA) is 42.0 Å². The number of nitrogens with zero attached hydrogens (tertiary/aromatic N) is 4. The number of thiophene rings is 1. The molecule has 0 spiro atoms. The molecule has 2 aromatic heterocycles. The number of amidine groups is 1. The highest BCUT2D eigenvalue weighted by molar-refractivity contribution is 7.28. The standard InChI is InChI=1S/C47H34N4S/c1-4-6-20-31(5-2)46(49-29-30-18-8-7-9-19-30)50-47(48-3)51-39-28-17-16-27-38(39)40-35-24-13-15-26-37(35)45-42(43(40)51)41-34-23-12-10-21-32(34)33-22-11-14-25-36(33)44(41)52-45/h4-28H,2-3,29H2,1H3/b6-4-,31-20+,49-46?,50-47?. The van der Waals surface area contributed by atoms with E-state index in [0.29, 0.717) is 18.3 Å². The summed E-state index contributed by atoms with van der Waals surface area (Å²) in [4.78, 5) is 15.0. The highest BCUT2D eigenvalue weighted by atomic mass is 32.1. The summed E-state index contributed by atoms with van der Waals surface area (Å²) in [6, 6.07) is 45.2. The summed E-state index contributed by atoms with van der Waals surface area (Å²) >= 11 is 1.87. The van der Waals surface area contributed by atoms with Gasteiger partial charge in [0, 0.05) is 47.3 Å². The number of fused-ring (bicyclic) bond motifs is 15. The summed E-state index contributed by atoms with van der Waals surface area (Å²) in [5, 5.41) is 12.2. The number of para-hydroxylation sites is 1. The van der Waals surface area contributed by atoms with Crippen LogP contribution in [0.1, 0.15) is 12.5 Å². The molecule has 0 atom stereocenters. The molecule has 0 saturated heterocycles. The Morgan fingerprint density at radius 1 is 0.654 bits per heavy atom. The molecule has 9 rings (SSSR count). The minimum absolute atomic E-state index is 0.451. The van der Waals surface area contributed by atoms with Gasteiger partial charge in [0.2, 0.25) is 5.96 Å². The molecule has 0 radical (unpaired) electrons. The van der Waals surface area contributed by atoms with Gasteiger partial charge in [0.05, 0.1) is 17.6 Å². The van der Waals surface area contributed by atoms with Crippen LogP contribution in [-0.2, 0) is 6.54 Å². The fraction of sp³-hybridized carbons (Fsp3) is 0.0426. The SMILES string of the molecule is C=C/C(=C\C=C/C)C(=NCc1ccccc1)N=C(N=C)n1c2ccccc2c2c3ccccc3c3sc4c5ccccc5c5ccccc5c4c3c21. The van der Waals surface area contributed by atoms with Crippen LogP contribution >= 0.6 is 11.3 Å². The molecule has 0 aliphatic rings. The zero-order chi connectivity index (χ0) is 35.2. The van der Waals surface area contributed by atoms with Crippen molar-refractivity contribution in [1.82, 2.24) is 4.57 Å². The second-order valence-electron chi connectivity index (χ2n) is 12.8. The van der Waals surface area contributed by atoms with Gasteiger partial charge in [0.1, 0.15) is 0 Å². The van der Waals surface area contributed by atoms with Crippen molar-refractivity contribution in [2.24, 2.45) is 15.0 Å². The lowest BCUT2D eigenvalue weighted by atomic mass is 9.94. The smallest absolute Gasteiger partial charge is 0.236 e. The summed E-state index contributed by atoms with van der Waals surface area (Å²) in [5.41, 5.74) is 3.95. The fourth-order valence-electron chi connectivity index (χ4n) is 7.63. The molecule has 248 valence electrons. The maximum atomic E-state index is 5.27. The number of allylic oxidation sites excluding steroid dienone is 3. The zero-order valence-electron chi connectivity index (χ0n) is 28.8. The van der Waals surface area contributed by atoms with Crippen molar-refractivity contribution in [1.29, 1.82) is 0 Å². The van der Waals surface area contributed by atoms with Gasteiger partial charge in [-0.25, -0.2) is 4.99 Å². The Hall–Kier alpha value is -6.43. The van der Waals surface area contributed by atoms with Crippen molar-refractivity contribution in [2.75, 3.05) is 0 Å². The normalized spacial score (nSPS) is 13.2. The molecule has 9 aromatic rings. The minimum Gasteiger partial charge on any atom is -0.277 e. The van der Waals surface area contributed by atoms with Crippen molar-refractivity contribution in [3.8, 4) is 0 Å². The van der Waals surface area contributed by atoms with E-state index in [1.54, 1.807) is 6.08 Å². The van der Waals surface area contributed by atoms with Gasteiger partial charge in [0.15, 0.2) is 5.84 Å². The van der Waals surface area contributed by atoms with Crippen LogP contribution in [0.5, 0.6) is 0 Å². The van der Waals surface area contributed by atoms with Crippen molar-refractivity contribution in [3.63, 3.8) is 0 Å². The van der Waals surface area contributed by atoms with E-state index < -0.39 is 0 Å². The van der Waals surface area contributed by atoms with E-state index in [-0.39, 0.29) is 0 Å². The maximum Gasteiger partial charge on any atom is 0.236 e. The first-order valence-electron chi connectivity index (χ1n) is 17.4. The Balaban J connectivity index is 1.48. The van der Waals surface area contributed by atoms with E-state index >= 15 is 0 Å². The van der Waals surface area contributed by atoms with Gasteiger partial charge < -0.3 is 0 Å². The van der Waals surface area contributed by atoms with E-state index in [2.05, 4.69) is 127 Å². The van der Waals surface area contributed by atoms with Gasteiger partial charge in [0.25, 0.3) is 0 Å². The molecule has 5 heteroatoms. The van der Waals surface area contributed by atoms with Crippen molar-refractivity contribution in [2.45, 2.75) is 13.5 Å². The monoisotopic (exact) mass is 686 g/mol. The Morgan fingerprint density at radius 2 is 1.21 bits per heavy atom. The van der Waals surface area contributed by atoms with Gasteiger partial charge in [-0.1, -0.05) is 152 Å². The molecular weight excluding hydrogens is 653 g/mol. The van der Waals surface area contributed by atoms with Gasteiger partial charge in [-0.05, 0) is 46.8 Å². The number of benzene rings is 7. The summed E-state index contributed by atoms with van der Waals surface area (Å²) in [7, 11) is 0. The van der Waals surface area contributed by atoms with Crippen LogP contribution in [0.2, 0.25) is 0 Å². The average molecular weight is 687 g/mol. The number of rotatable bonds is 5.